The van der Waals surface area contributed by atoms with Crippen molar-refractivity contribution in [3.05, 3.63) is 23.7 Å². The van der Waals surface area contributed by atoms with Crippen LogP contribution in [0.25, 0.3) is 0 Å². The lowest BCUT2D eigenvalue weighted by atomic mass is 10.1. The van der Waals surface area contributed by atoms with Gasteiger partial charge < -0.3 is 4.90 Å². The van der Waals surface area contributed by atoms with E-state index in [9.17, 15) is 4.39 Å². The van der Waals surface area contributed by atoms with Gasteiger partial charge in [0.2, 0.25) is 0 Å². The average Bonchev–Trinajstić information content (AvgIpc) is 1.88. The van der Waals surface area contributed by atoms with Crippen LogP contribution < -0.4 is 0 Å². The zero-order valence-electron chi connectivity index (χ0n) is 6.39. The van der Waals surface area contributed by atoms with Crippen molar-refractivity contribution in [1.29, 1.82) is 0 Å². The Hall–Kier alpha value is -0.790. The predicted octanol–water partition coefficient (Wildman–Crippen LogP) is 2.08. The molecule has 1 rings (SSSR count). The molecule has 1 nitrogen and oxygen atoms in total. The zero-order valence-corrected chi connectivity index (χ0v) is 6.39. The first-order chi connectivity index (χ1) is 4.72. The van der Waals surface area contributed by atoms with Gasteiger partial charge in [-0.1, -0.05) is 6.08 Å². The van der Waals surface area contributed by atoms with E-state index in [4.69, 9.17) is 0 Å². The minimum atomic E-state index is 0.00694. The van der Waals surface area contributed by atoms with Gasteiger partial charge in [-0.05, 0) is 12.5 Å². The molecule has 0 fully saturated rings. The molecule has 2 heteroatoms. The number of hydrogen-bond donors (Lipinski definition) is 0. The van der Waals surface area contributed by atoms with Crippen molar-refractivity contribution in [2.75, 3.05) is 14.1 Å². The smallest absolute Gasteiger partial charge is 0.123 e. The molecule has 56 valence electrons. The van der Waals surface area contributed by atoms with Crippen molar-refractivity contribution in [2.45, 2.75) is 12.8 Å². The van der Waals surface area contributed by atoms with Crippen molar-refractivity contribution < 1.29 is 4.39 Å². The summed E-state index contributed by atoms with van der Waals surface area (Å²) < 4.78 is 12.9. The predicted molar refractivity (Wildman–Crippen MR) is 40.2 cm³/mol. The molecular formula is C8H12FN. The van der Waals surface area contributed by atoms with Gasteiger partial charge in [-0.25, -0.2) is 4.39 Å². The number of rotatable bonds is 1. The van der Waals surface area contributed by atoms with Crippen LogP contribution in [-0.2, 0) is 0 Å². The molecule has 0 aromatic heterocycles. The summed E-state index contributed by atoms with van der Waals surface area (Å²) in [5, 5.41) is 0. The molecule has 0 saturated carbocycles. The van der Waals surface area contributed by atoms with Crippen LogP contribution in [0.4, 0.5) is 4.39 Å². The van der Waals surface area contributed by atoms with Crippen molar-refractivity contribution in [2.24, 2.45) is 0 Å². The van der Waals surface area contributed by atoms with Crippen molar-refractivity contribution in [3.8, 4) is 0 Å². The maximum atomic E-state index is 12.9. The zero-order chi connectivity index (χ0) is 7.56. The van der Waals surface area contributed by atoms with Gasteiger partial charge in [0.15, 0.2) is 0 Å². The van der Waals surface area contributed by atoms with Crippen LogP contribution in [0.1, 0.15) is 12.8 Å². The normalized spacial score (nSPS) is 17.9. The first kappa shape index (κ1) is 7.32. The number of halogens is 1. The van der Waals surface area contributed by atoms with Crippen molar-refractivity contribution in [3.63, 3.8) is 0 Å². The number of likely N-dealkylation sites (N-methyl/N-ethyl adjacent to an activating group) is 1. The highest BCUT2D eigenvalue weighted by molar-refractivity contribution is 5.23. The Morgan fingerprint density at radius 3 is 2.60 bits per heavy atom. The average molecular weight is 141 g/mol. The molecule has 0 unspecified atom stereocenters. The molecule has 1 aliphatic rings. The van der Waals surface area contributed by atoms with Gasteiger partial charge in [0.1, 0.15) is 5.83 Å². The van der Waals surface area contributed by atoms with Crippen LogP contribution in [-0.4, -0.2) is 19.0 Å². The topological polar surface area (TPSA) is 3.24 Å². The van der Waals surface area contributed by atoms with Gasteiger partial charge in [-0.2, -0.15) is 0 Å². The summed E-state index contributed by atoms with van der Waals surface area (Å²) in [4.78, 5) is 1.80. The van der Waals surface area contributed by atoms with E-state index in [1.54, 1.807) is 4.90 Å². The van der Waals surface area contributed by atoms with Crippen LogP contribution in [0.5, 0.6) is 0 Å². The number of nitrogens with zero attached hydrogens (tertiary/aromatic N) is 1. The summed E-state index contributed by atoms with van der Waals surface area (Å²) in [6.45, 7) is 0. The summed E-state index contributed by atoms with van der Waals surface area (Å²) in [6.07, 6.45) is 5.23. The number of allylic oxidation sites excluding steroid dienone is 3. The molecule has 0 aliphatic heterocycles. The minimum absolute atomic E-state index is 0.00694. The van der Waals surface area contributed by atoms with E-state index in [0.717, 1.165) is 6.42 Å². The fraction of sp³-hybridized carbons (Fsp3) is 0.500. The van der Waals surface area contributed by atoms with Crippen LogP contribution in [0.3, 0.4) is 0 Å². The second kappa shape index (κ2) is 2.86. The monoisotopic (exact) mass is 141 g/mol. The lowest BCUT2D eigenvalue weighted by Gasteiger charge is -2.17. The highest BCUT2D eigenvalue weighted by Gasteiger charge is 2.07. The fourth-order valence-corrected chi connectivity index (χ4v) is 1.02. The summed E-state index contributed by atoms with van der Waals surface area (Å²) in [6, 6.07) is 0. The van der Waals surface area contributed by atoms with Crippen LogP contribution >= 0.6 is 0 Å². The van der Waals surface area contributed by atoms with E-state index in [1.165, 1.54) is 0 Å². The molecule has 10 heavy (non-hydrogen) atoms. The molecule has 1 aliphatic carbocycles. The summed E-state index contributed by atoms with van der Waals surface area (Å²) in [5.41, 5.74) is 0.714. The second-order valence-electron chi connectivity index (χ2n) is 2.63. The Morgan fingerprint density at radius 1 is 1.50 bits per heavy atom. The van der Waals surface area contributed by atoms with Gasteiger partial charge in [0, 0.05) is 20.5 Å². The van der Waals surface area contributed by atoms with Gasteiger partial charge in [-0.3, -0.25) is 0 Å². The standard InChI is InChI=1S/C8H12FN/c1-10(2)8-6-4-3-5-7(8)9/h4,6H,3,5H2,1-2H3. The van der Waals surface area contributed by atoms with E-state index in [2.05, 4.69) is 0 Å². The van der Waals surface area contributed by atoms with Crippen molar-refractivity contribution in [1.82, 2.24) is 4.90 Å². The molecule has 0 saturated heterocycles. The maximum absolute atomic E-state index is 12.9. The van der Waals surface area contributed by atoms with Crippen LogP contribution in [0.15, 0.2) is 23.7 Å². The van der Waals surface area contributed by atoms with Gasteiger partial charge in [-0.15, -0.1) is 0 Å². The summed E-state index contributed by atoms with van der Waals surface area (Å²) in [5.74, 6) is 0.00694. The third kappa shape index (κ3) is 1.38. The van der Waals surface area contributed by atoms with E-state index >= 15 is 0 Å². The van der Waals surface area contributed by atoms with E-state index in [0.29, 0.717) is 12.1 Å². The van der Waals surface area contributed by atoms with Crippen molar-refractivity contribution >= 4 is 0 Å². The molecule has 0 atom stereocenters. The highest BCUT2D eigenvalue weighted by Crippen LogP contribution is 2.20. The van der Waals surface area contributed by atoms with E-state index < -0.39 is 0 Å². The lowest BCUT2D eigenvalue weighted by Crippen LogP contribution is -2.12. The fourth-order valence-electron chi connectivity index (χ4n) is 1.02. The third-order valence-electron chi connectivity index (χ3n) is 1.57. The minimum Gasteiger partial charge on any atom is -0.376 e. The lowest BCUT2D eigenvalue weighted by molar-refractivity contribution is 0.467. The molecule has 0 aromatic rings. The Labute approximate surface area is 60.8 Å². The summed E-state index contributed by atoms with van der Waals surface area (Å²) >= 11 is 0. The molecule has 0 heterocycles. The van der Waals surface area contributed by atoms with Crippen LogP contribution in [0, 0.1) is 0 Å². The highest BCUT2D eigenvalue weighted by atomic mass is 19.1. The maximum Gasteiger partial charge on any atom is 0.123 e. The quantitative estimate of drug-likeness (QED) is 0.540. The van der Waals surface area contributed by atoms with Crippen LogP contribution in [0.2, 0.25) is 0 Å². The molecular weight excluding hydrogens is 129 g/mol. The first-order valence-electron chi connectivity index (χ1n) is 3.44. The Morgan fingerprint density at radius 2 is 2.20 bits per heavy atom. The van der Waals surface area contributed by atoms with Gasteiger partial charge in [0.25, 0.3) is 0 Å². The largest absolute Gasteiger partial charge is 0.376 e. The molecule has 0 N–H and O–H groups in total. The Balaban J connectivity index is 2.79. The Kier molecular flexibility index (Phi) is 2.10. The molecule has 0 aromatic carbocycles. The number of hydrogen-bond acceptors (Lipinski definition) is 1. The third-order valence-corrected chi connectivity index (χ3v) is 1.57. The van der Waals surface area contributed by atoms with E-state index in [-0.39, 0.29) is 5.83 Å². The second-order valence-corrected chi connectivity index (χ2v) is 2.63. The van der Waals surface area contributed by atoms with Gasteiger partial charge in [0.05, 0.1) is 5.70 Å². The molecule has 0 amide bonds. The molecule has 0 bridgehead atoms. The molecule has 0 radical (unpaired) electrons. The van der Waals surface area contributed by atoms with Gasteiger partial charge >= 0.3 is 0 Å². The molecule has 0 spiro atoms. The SMILES string of the molecule is CN(C)C1=C(F)CCC=C1. The Bertz CT molecular complexity index is 180. The first-order valence-corrected chi connectivity index (χ1v) is 3.44. The van der Waals surface area contributed by atoms with E-state index in [1.807, 2.05) is 26.2 Å². The summed E-state index contributed by atoms with van der Waals surface area (Å²) in [7, 11) is 3.70.